The Balaban J connectivity index is 0.000000152. The number of alkyl halides is 2. The molecule has 0 radical (unpaired) electrons. The maximum Gasteiger partial charge on any atom is 0.258 e. The Kier molecular flexibility index (Phi) is 9.34. The van der Waals surface area contributed by atoms with E-state index in [0.29, 0.717) is 71.1 Å². The van der Waals surface area contributed by atoms with Gasteiger partial charge in [-0.3, -0.25) is 19.6 Å². The first-order valence-corrected chi connectivity index (χ1v) is 19.1. The SMILES string of the molecule is Cc1cn2cc(-c3cc4c(=O)[nH]c(C5(F)CCN(C)CC5)nc4cn3)cc(F)c2n1.Cc1cn2cc(-c3cc4c(=O)[nH]c(C5(F)CCNCC5)nc4cn3)cc(F)c2n1. The molecule has 0 aromatic carbocycles. The van der Waals surface area contributed by atoms with E-state index in [1.165, 1.54) is 24.5 Å². The Morgan fingerprint density at radius 1 is 0.627 bits per heavy atom. The lowest BCUT2D eigenvalue weighted by Gasteiger charge is -2.33. The lowest BCUT2D eigenvalue weighted by molar-refractivity contribution is 0.0591. The first kappa shape index (κ1) is 38.1. The number of aromatic nitrogens is 10. The molecule has 59 heavy (non-hydrogen) atoms. The number of nitrogens with one attached hydrogen (secondary N) is 3. The van der Waals surface area contributed by atoms with Crippen molar-refractivity contribution in [2.75, 3.05) is 33.2 Å². The van der Waals surface area contributed by atoms with Crippen molar-refractivity contribution in [2.24, 2.45) is 0 Å². The van der Waals surface area contributed by atoms with Gasteiger partial charge in [-0.25, -0.2) is 37.5 Å². The minimum absolute atomic E-state index is 0.0346. The number of hydrogen-bond donors (Lipinski definition) is 3. The molecule has 0 spiro atoms. The summed E-state index contributed by atoms with van der Waals surface area (Å²) in [5.41, 5.74) is 0.105. The molecule has 18 heteroatoms. The molecular formula is C41H38F4N12O2. The van der Waals surface area contributed by atoms with Crippen LogP contribution < -0.4 is 16.4 Å². The van der Waals surface area contributed by atoms with Crippen LogP contribution in [0.4, 0.5) is 17.6 Å². The molecule has 14 nitrogen and oxygen atoms in total. The molecule has 3 N–H and O–H groups in total. The molecule has 0 amide bonds. The topological polar surface area (TPSA) is 167 Å². The van der Waals surface area contributed by atoms with Crippen LogP contribution in [-0.4, -0.2) is 86.8 Å². The van der Waals surface area contributed by atoms with Crippen LogP contribution in [0.2, 0.25) is 0 Å². The number of piperidine rings is 2. The van der Waals surface area contributed by atoms with Crippen molar-refractivity contribution in [3.05, 3.63) is 117 Å². The number of aryl methyl sites for hydroxylation is 2. The second-order valence-electron chi connectivity index (χ2n) is 15.4. The number of fused-ring (bicyclic) bond motifs is 4. The van der Waals surface area contributed by atoms with Gasteiger partial charge in [0.1, 0.15) is 11.6 Å². The van der Waals surface area contributed by atoms with Gasteiger partial charge in [0.25, 0.3) is 11.1 Å². The number of nitrogens with zero attached hydrogens (tertiary/aromatic N) is 9. The van der Waals surface area contributed by atoms with E-state index in [0.717, 1.165) is 0 Å². The van der Waals surface area contributed by atoms with E-state index < -0.39 is 34.1 Å². The highest BCUT2D eigenvalue weighted by Crippen LogP contribution is 2.35. The third-order valence-electron chi connectivity index (χ3n) is 11.1. The van der Waals surface area contributed by atoms with E-state index in [2.05, 4.69) is 45.2 Å². The van der Waals surface area contributed by atoms with Crippen molar-refractivity contribution < 1.29 is 17.6 Å². The number of halogens is 4. The second-order valence-corrected chi connectivity index (χ2v) is 15.4. The van der Waals surface area contributed by atoms with Crippen LogP contribution in [-0.2, 0) is 11.3 Å². The standard InChI is InChI=1S/C21H20F2N6O.C20H18F2N6O/c1-12-10-29-11-13(7-15(22)18(29)25-12)16-8-14-17(9-24-16)26-20(27-19(14)30)21(23)3-5-28(2)6-4-21;1-11-9-28-10-12(6-14(21)17(28)25-11)15-7-13-16(8-24-15)26-19(27-18(13)29)20(22)2-4-23-5-3-20/h7-11H,3-6H2,1-2H3,(H,26,27,30);6-10,23H,2-5H2,1H3,(H,26,27,29). The van der Waals surface area contributed by atoms with E-state index in [-0.39, 0.29) is 59.4 Å². The quantitative estimate of drug-likeness (QED) is 0.191. The maximum atomic E-state index is 15.4. The zero-order valence-electron chi connectivity index (χ0n) is 32.3. The smallest absolute Gasteiger partial charge is 0.258 e. The molecule has 0 unspecified atom stereocenters. The zero-order valence-corrected chi connectivity index (χ0v) is 32.3. The van der Waals surface area contributed by atoms with E-state index in [9.17, 15) is 18.4 Å². The molecule has 8 aromatic heterocycles. The summed E-state index contributed by atoms with van der Waals surface area (Å²) in [5.74, 6) is -0.881. The molecular weight excluding hydrogens is 769 g/mol. The third-order valence-corrected chi connectivity index (χ3v) is 11.1. The van der Waals surface area contributed by atoms with Crippen LogP contribution in [0.3, 0.4) is 0 Å². The summed E-state index contributed by atoms with van der Waals surface area (Å²) in [5, 5.41) is 3.65. The number of hydrogen-bond acceptors (Lipinski definition) is 10. The monoisotopic (exact) mass is 806 g/mol. The van der Waals surface area contributed by atoms with Crippen LogP contribution in [0.1, 0.15) is 48.7 Å². The molecule has 2 fully saturated rings. The molecule has 0 bridgehead atoms. The van der Waals surface area contributed by atoms with Gasteiger partial charge in [-0.15, -0.1) is 0 Å². The number of pyridine rings is 4. The average Bonchev–Trinajstić information content (AvgIpc) is 3.81. The Morgan fingerprint density at radius 2 is 1.07 bits per heavy atom. The summed E-state index contributed by atoms with van der Waals surface area (Å²) in [4.78, 5) is 58.3. The normalized spacial score (nSPS) is 16.8. The van der Waals surface area contributed by atoms with Gasteiger partial charge >= 0.3 is 0 Å². The summed E-state index contributed by atoms with van der Waals surface area (Å²) >= 11 is 0. The maximum absolute atomic E-state index is 15.4. The largest absolute Gasteiger partial charge is 0.316 e. The van der Waals surface area contributed by atoms with Gasteiger partial charge in [0.05, 0.1) is 57.0 Å². The Morgan fingerprint density at radius 3 is 1.53 bits per heavy atom. The summed E-state index contributed by atoms with van der Waals surface area (Å²) in [6, 6.07) is 5.76. The Labute approximate surface area is 332 Å². The molecule has 302 valence electrons. The van der Waals surface area contributed by atoms with Crippen molar-refractivity contribution >= 4 is 33.1 Å². The predicted octanol–water partition coefficient (Wildman–Crippen LogP) is 5.60. The highest BCUT2D eigenvalue weighted by Gasteiger charge is 2.38. The van der Waals surface area contributed by atoms with Crippen LogP contribution in [0.15, 0.2) is 71.0 Å². The number of aromatic amines is 2. The molecule has 2 saturated heterocycles. The fourth-order valence-corrected chi connectivity index (χ4v) is 7.73. The number of H-pyrrole nitrogens is 2. The second kappa shape index (κ2) is 14.5. The Hall–Kier alpha value is -6.40. The number of likely N-dealkylation sites (tertiary alicyclic amines) is 1. The van der Waals surface area contributed by atoms with Gasteiger partial charge in [-0.2, -0.15) is 0 Å². The van der Waals surface area contributed by atoms with Crippen LogP contribution in [0.5, 0.6) is 0 Å². The summed E-state index contributed by atoms with van der Waals surface area (Å²) in [6.45, 7) is 5.80. The van der Waals surface area contributed by atoms with Crippen molar-refractivity contribution in [1.82, 2.24) is 58.9 Å². The molecule has 0 saturated carbocycles. The van der Waals surface area contributed by atoms with Crippen molar-refractivity contribution in [2.45, 2.75) is 50.9 Å². The van der Waals surface area contributed by atoms with Gasteiger partial charge < -0.3 is 29.0 Å². The van der Waals surface area contributed by atoms with Crippen molar-refractivity contribution in [3.63, 3.8) is 0 Å². The molecule has 0 aliphatic carbocycles. The minimum atomic E-state index is -1.66. The highest BCUT2D eigenvalue weighted by atomic mass is 19.2. The van der Waals surface area contributed by atoms with Crippen LogP contribution in [0, 0.1) is 25.5 Å². The highest BCUT2D eigenvalue weighted by molar-refractivity contribution is 5.82. The van der Waals surface area contributed by atoms with E-state index in [1.807, 2.05) is 11.9 Å². The van der Waals surface area contributed by atoms with E-state index in [1.54, 1.807) is 59.6 Å². The van der Waals surface area contributed by atoms with Gasteiger partial charge in [0.2, 0.25) is 0 Å². The molecule has 8 aromatic rings. The van der Waals surface area contributed by atoms with E-state index in [4.69, 9.17) is 0 Å². The zero-order chi connectivity index (χ0) is 41.2. The molecule has 10 heterocycles. The summed E-state index contributed by atoms with van der Waals surface area (Å²) in [7, 11) is 1.94. The van der Waals surface area contributed by atoms with Gasteiger partial charge in [-0.1, -0.05) is 0 Å². The lowest BCUT2D eigenvalue weighted by atomic mass is 9.92. The third kappa shape index (κ3) is 7.11. The predicted molar refractivity (Wildman–Crippen MR) is 212 cm³/mol. The first-order valence-electron chi connectivity index (χ1n) is 19.1. The fraction of sp³-hybridized carbons (Fsp3) is 0.317. The van der Waals surface area contributed by atoms with Gasteiger partial charge in [-0.05, 0) is 58.3 Å². The lowest BCUT2D eigenvalue weighted by Crippen LogP contribution is -2.39. The van der Waals surface area contributed by atoms with Crippen molar-refractivity contribution in [1.29, 1.82) is 0 Å². The minimum Gasteiger partial charge on any atom is -0.316 e. The molecule has 2 aliphatic heterocycles. The van der Waals surface area contributed by atoms with Gasteiger partial charge in [0, 0.05) is 74.7 Å². The van der Waals surface area contributed by atoms with E-state index >= 15 is 8.78 Å². The van der Waals surface area contributed by atoms with Gasteiger partial charge in [0.15, 0.2) is 34.3 Å². The van der Waals surface area contributed by atoms with Crippen LogP contribution >= 0.6 is 0 Å². The number of imidazole rings is 2. The Bertz CT molecular complexity index is 3050. The molecule has 0 atom stereocenters. The molecule has 10 rings (SSSR count). The number of rotatable bonds is 4. The average molecular weight is 807 g/mol. The summed E-state index contributed by atoms with van der Waals surface area (Å²) < 4.78 is 62.6. The molecule has 2 aliphatic rings. The first-order chi connectivity index (χ1) is 28.2. The van der Waals surface area contributed by atoms with Crippen molar-refractivity contribution in [3.8, 4) is 22.5 Å². The van der Waals surface area contributed by atoms with Crippen LogP contribution in [0.25, 0.3) is 55.6 Å². The summed E-state index contributed by atoms with van der Waals surface area (Å²) in [6.07, 6.45) is 10.7. The fourth-order valence-electron chi connectivity index (χ4n) is 7.73.